The molecule has 66 valence electrons. The van der Waals surface area contributed by atoms with Gasteiger partial charge in [-0.1, -0.05) is 31.2 Å². The summed E-state index contributed by atoms with van der Waals surface area (Å²) in [6, 6.07) is 8.44. The van der Waals surface area contributed by atoms with Crippen LogP contribution >= 0.6 is 11.3 Å². The maximum Gasteiger partial charge on any atom is 0.0813 e. The molecular formula is C11H11NS. The van der Waals surface area contributed by atoms with Gasteiger partial charge < -0.3 is 0 Å². The molecule has 1 heterocycles. The molecule has 1 aromatic carbocycles. The monoisotopic (exact) mass is 189 g/mol. The third-order valence-corrected chi connectivity index (χ3v) is 2.69. The van der Waals surface area contributed by atoms with E-state index in [1.165, 1.54) is 11.1 Å². The summed E-state index contributed by atoms with van der Waals surface area (Å²) in [5.74, 6) is 0. The van der Waals surface area contributed by atoms with E-state index in [-0.39, 0.29) is 0 Å². The molecule has 0 aliphatic rings. The van der Waals surface area contributed by atoms with Gasteiger partial charge in [-0.25, -0.2) is 4.98 Å². The van der Waals surface area contributed by atoms with E-state index in [2.05, 4.69) is 41.6 Å². The van der Waals surface area contributed by atoms with Crippen LogP contribution in [0.25, 0.3) is 11.3 Å². The highest BCUT2D eigenvalue weighted by Gasteiger charge is 2.03. The van der Waals surface area contributed by atoms with Crippen molar-refractivity contribution in [1.82, 2.24) is 4.98 Å². The first kappa shape index (κ1) is 8.45. The van der Waals surface area contributed by atoms with Crippen LogP contribution in [0.5, 0.6) is 0 Å². The first-order chi connectivity index (χ1) is 6.42. The molecule has 0 spiro atoms. The SMILES string of the molecule is CCc1ccccc1-c1cscn1. The van der Waals surface area contributed by atoms with Gasteiger partial charge in [-0.05, 0) is 12.0 Å². The van der Waals surface area contributed by atoms with Gasteiger partial charge in [-0.15, -0.1) is 11.3 Å². The molecule has 0 fully saturated rings. The van der Waals surface area contributed by atoms with E-state index < -0.39 is 0 Å². The fourth-order valence-electron chi connectivity index (χ4n) is 1.42. The summed E-state index contributed by atoms with van der Waals surface area (Å²) in [6.45, 7) is 2.17. The normalized spacial score (nSPS) is 10.2. The van der Waals surface area contributed by atoms with Gasteiger partial charge in [-0.2, -0.15) is 0 Å². The summed E-state index contributed by atoms with van der Waals surface area (Å²) in [4.78, 5) is 4.31. The maximum absolute atomic E-state index is 4.31. The van der Waals surface area contributed by atoms with Gasteiger partial charge in [0.05, 0.1) is 11.2 Å². The number of aryl methyl sites for hydroxylation is 1. The number of hydrogen-bond donors (Lipinski definition) is 0. The molecule has 0 saturated heterocycles. The average molecular weight is 189 g/mol. The zero-order valence-corrected chi connectivity index (χ0v) is 8.34. The lowest BCUT2D eigenvalue weighted by Crippen LogP contribution is -1.86. The van der Waals surface area contributed by atoms with Crippen molar-refractivity contribution in [3.63, 3.8) is 0 Å². The standard InChI is InChI=1S/C11H11NS/c1-2-9-5-3-4-6-10(9)11-7-13-8-12-11/h3-8H,2H2,1H3. The summed E-state index contributed by atoms with van der Waals surface area (Å²) in [5.41, 5.74) is 5.61. The minimum Gasteiger partial charge on any atom is -0.245 e. The van der Waals surface area contributed by atoms with E-state index in [9.17, 15) is 0 Å². The Morgan fingerprint density at radius 3 is 2.85 bits per heavy atom. The second-order valence-corrected chi connectivity index (χ2v) is 3.60. The zero-order chi connectivity index (χ0) is 9.10. The van der Waals surface area contributed by atoms with Gasteiger partial charge in [0.25, 0.3) is 0 Å². The number of thiazole rings is 1. The molecule has 0 amide bonds. The lowest BCUT2D eigenvalue weighted by atomic mass is 10.0. The Kier molecular flexibility index (Phi) is 2.41. The van der Waals surface area contributed by atoms with Crippen LogP contribution in [0.4, 0.5) is 0 Å². The van der Waals surface area contributed by atoms with Crippen LogP contribution in [0.1, 0.15) is 12.5 Å². The molecule has 0 unspecified atom stereocenters. The van der Waals surface area contributed by atoms with Crippen LogP contribution in [-0.2, 0) is 6.42 Å². The summed E-state index contributed by atoms with van der Waals surface area (Å²) in [5, 5.41) is 2.09. The molecule has 0 saturated carbocycles. The second kappa shape index (κ2) is 3.71. The van der Waals surface area contributed by atoms with Gasteiger partial charge in [0.2, 0.25) is 0 Å². The van der Waals surface area contributed by atoms with E-state index in [1.807, 2.05) is 5.51 Å². The van der Waals surface area contributed by atoms with Crippen LogP contribution in [0.3, 0.4) is 0 Å². The van der Waals surface area contributed by atoms with Crippen molar-refractivity contribution >= 4 is 11.3 Å². The van der Waals surface area contributed by atoms with Crippen LogP contribution in [-0.4, -0.2) is 4.98 Å². The molecular weight excluding hydrogens is 178 g/mol. The van der Waals surface area contributed by atoms with Gasteiger partial charge in [-0.3, -0.25) is 0 Å². The van der Waals surface area contributed by atoms with Crippen molar-refractivity contribution < 1.29 is 0 Å². The van der Waals surface area contributed by atoms with Crippen molar-refractivity contribution in [1.29, 1.82) is 0 Å². The largest absolute Gasteiger partial charge is 0.245 e. The third-order valence-electron chi connectivity index (χ3n) is 2.11. The molecule has 2 heteroatoms. The van der Waals surface area contributed by atoms with Gasteiger partial charge in [0.15, 0.2) is 0 Å². The highest BCUT2D eigenvalue weighted by atomic mass is 32.1. The molecule has 0 N–H and O–H groups in total. The first-order valence-electron chi connectivity index (χ1n) is 4.38. The molecule has 0 aliphatic carbocycles. The summed E-state index contributed by atoms with van der Waals surface area (Å²) >= 11 is 1.64. The summed E-state index contributed by atoms with van der Waals surface area (Å²) < 4.78 is 0. The third kappa shape index (κ3) is 1.63. The fourth-order valence-corrected chi connectivity index (χ4v) is 1.98. The van der Waals surface area contributed by atoms with Crippen molar-refractivity contribution in [3.8, 4) is 11.3 Å². The van der Waals surface area contributed by atoms with E-state index in [1.54, 1.807) is 11.3 Å². The van der Waals surface area contributed by atoms with Gasteiger partial charge in [0, 0.05) is 10.9 Å². The molecule has 1 nitrogen and oxygen atoms in total. The van der Waals surface area contributed by atoms with Crippen molar-refractivity contribution in [2.24, 2.45) is 0 Å². The summed E-state index contributed by atoms with van der Waals surface area (Å²) in [7, 11) is 0. The Balaban J connectivity index is 2.51. The number of benzene rings is 1. The van der Waals surface area contributed by atoms with Gasteiger partial charge >= 0.3 is 0 Å². The molecule has 0 atom stereocenters. The van der Waals surface area contributed by atoms with Crippen LogP contribution in [0.2, 0.25) is 0 Å². The highest BCUT2D eigenvalue weighted by molar-refractivity contribution is 7.07. The molecule has 13 heavy (non-hydrogen) atoms. The number of nitrogens with zero attached hydrogens (tertiary/aromatic N) is 1. The average Bonchev–Trinajstić information content (AvgIpc) is 2.70. The minimum absolute atomic E-state index is 1.06. The molecule has 0 radical (unpaired) electrons. The Bertz CT molecular complexity index is 379. The Morgan fingerprint density at radius 1 is 1.31 bits per heavy atom. The number of hydrogen-bond acceptors (Lipinski definition) is 2. The van der Waals surface area contributed by atoms with Crippen molar-refractivity contribution in [2.45, 2.75) is 13.3 Å². The van der Waals surface area contributed by atoms with Crippen LogP contribution < -0.4 is 0 Å². The predicted molar refractivity (Wildman–Crippen MR) is 56.9 cm³/mol. The smallest absolute Gasteiger partial charge is 0.0813 e. The quantitative estimate of drug-likeness (QED) is 0.705. The van der Waals surface area contributed by atoms with Crippen LogP contribution in [0.15, 0.2) is 35.2 Å². The predicted octanol–water partition coefficient (Wildman–Crippen LogP) is 3.37. The molecule has 2 aromatic rings. The zero-order valence-electron chi connectivity index (χ0n) is 7.53. The number of rotatable bonds is 2. The van der Waals surface area contributed by atoms with Crippen LogP contribution in [0, 0.1) is 0 Å². The van der Waals surface area contributed by atoms with Gasteiger partial charge in [0.1, 0.15) is 0 Å². The van der Waals surface area contributed by atoms with Crippen molar-refractivity contribution in [3.05, 3.63) is 40.7 Å². The molecule has 2 rings (SSSR count). The van der Waals surface area contributed by atoms with E-state index in [0.717, 1.165) is 12.1 Å². The molecule has 0 aliphatic heterocycles. The molecule has 1 aromatic heterocycles. The van der Waals surface area contributed by atoms with E-state index >= 15 is 0 Å². The topological polar surface area (TPSA) is 12.9 Å². The maximum atomic E-state index is 4.31. The Hall–Kier alpha value is -1.15. The fraction of sp³-hybridized carbons (Fsp3) is 0.182. The Morgan fingerprint density at radius 2 is 2.15 bits per heavy atom. The Labute approximate surface area is 82.1 Å². The molecule has 0 bridgehead atoms. The number of aromatic nitrogens is 1. The highest BCUT2D eigenvalue weighted by Crippen LogP contribution is 2.23. The second-order valence-electron chi connectivity index (χ2n) is 2.88. The lowest BCUT2D eigenvalue weighted by molar-refractivity contribution is 1.14. The van der Waals surface area contributed by atoms with E-state index in [4.69, 9.17) is 0 Å². The van der Waals surface area contributed by atoms with E-state index in [0.29, 0.717) is 0 Å². The van der Waals surface area contributed by atoms with Crippen molar-refractivity contribution in [2.75, 3.05) is 0 Å². The summed E-state index contributed by atoms with van der Waals surface area (Å²) in [6.07, 6.45) is 1.06. The first-order valence-corrected chi connectivity index (χ1v) is 5.32. The minimum atomic E-state index is 1.06. The lowest BCUT2D eigenvalue weighted by Gasteiger charge is -2.03.